The van der Waals surface area contributed by atoms with Crippen LogP contribution in [0.15, 0.2) is 36.7 Å². The van der Waals surface area contributed by atoms with E-state index < -0.39 is 5.91 Å². The summed E-state index contributed by atoms with van der Waals surface area (Å²) in [6.07, 6.45) is 3.30. The standard InChI is InChI=1S/C21H27N7O3/c1-5-26(6-2)20(30)13-27-10-9-15-11-16(7-8-18(15)27)22-21(31)17-12-28(24-23-17)14-19(29)25(3)4/h7-12H,5-6,13-14H2,1-4H3,(H,22,31). The first kappa shape index (κ1) is 22.0. The number of aromatic nitrogens is 4. The van der Waals surface area contributed by atoms with Crippen LogP contribution in [0.2, 0.25) is 0 Å². The quantitative estimate of drug-likeness (QED) is 0.588. The molecular weight excluding hydrogens is 398 g/mol. The molecule has 3 aromatic rings. The highest BCUT2D eigenvalue weighted by Gasteiger charge is 2.15. The number of benzene rings is 1. The molecule has 164 valence electrons. The van der Waals surface area contributed by atoms with Gasteiger partial charge in [0.1, 0.15) is 13.1 Å². The second-order valence-electron chi connectivity index (χ2n) is 7.33. The molecule has 1 N–H and O–H groups in total. The van der Waals surface area contributed by atoms with E-state index in [2.05, 4.69) is 15.6 Å². The second kappa shape index (κ2) is 9.41. The van der Waals surface area contributed by atoms with Crippen molar-refractivity contribution >= 4 is 34.3 Å². The van der Waals surface area contributed by atoms with Crippen molar-refractivity contribution in [1.29, 1.82) is 0 Å². The van der Waals surface area contributed by atoms with E-state index in [4.69, 9.17) is 0 Å². The fourth-order valence-corrected chi connectivity index (χ4v) is 3.19. The number of anilines is 1. The van der Waals surface area contributed by atoms with Crippen LogP contribution in [-0.4, -0.2) is 74.3 Å². The molecule has 3 amide bonds. The van der Waals surface area contributed by atoms with E-state index >= 15 is 0 Å². The lowest BCUT2D eigenvalue weighted by Gasteiger charge is -2.19. The maximum atomic E-state index is 12.5. The maximum absolute atomic E-state index is 12.5. The van der Waals surface area contributed by atoms with Crippen LogP contribution in [0.3, 0.4) is 0 Å². The first-order valence-corrected chi connectivity index (χ1v) is 10.1. The molecule has 2 aromatic heterocycles. The van der Waals surface area contributed by atoms with Crippen molar-refractivity contribution in [3.8, 4) is 0 Å². The summed E-state index contributed by atoms with van der Waals surface area (Å²) in [7, 11) is 3.30. The topological polar surface area (TPSA) is 105 Å². The molecule has 0 unspecified atom stereocenters. The Morgan fingerprint density at radius 2 is 1.77 bits per heavy atom. The highest BCUT2D eigenvalue weighted by molar-refractivity contribution is 6.03. The van der Waals surface area contributed by atoms with Gasteiger partial charge in [-0.05, 0) is 38.1 Å². The Kier molecular flexibility index (Phi) is 6.68. The number of carbonyl (C=O) groups is 3. The number of amides is 3. The largest absolute Gasteiger partial charge is 0.347 e. The molecule has 0 fully saturated rings. The van der Waals surface area contributed by atoms with E-state index in [-0.39, 0.29) is 30.6 Å². The predicted octanol–water partition coefficient (Wildman–Crippen LogP) is 1.44. The number of nitrogens with zero attached hydrogens (tertiary/aromatic N) is 6. The zero-order valence-electron chi connectivity index (χ0n) is 18.2. The van der Waals surface area contributed by atoms with Crippen molar-refractivity contribution in [2.45, 2.75) is 26.9 Å². The van der Waals surface area contributed by atoms with Crippen LogP contribution in [0.25, 0.3) is 10.9 Å². The molecule has 31 heavy (non-hydrogen) atoms. The van der Waals surface area contributed by atoms with Crippen molar-refractivity contribution in [2.24, 2.45) is 0 Å². The van der Waals surface area contributed by atoms with Gasteiger partial charge >= 0.3 is 0 Å². The summed E-state index contributed by atoms with van der Waals surface area (Å²) in [5, 5.41) is 11.4. The van der Waals surface area contributed by atoms with Crippen LogP contribution in [0.5, 0.6) is 0 Å². The molecule has 0 saturated heterocycles. The number of hydrogen-bond acceptors (Lipinski definition) is 5. The number of carbonyl (C=O) groups excluding carboxylic acids is 3. The van der Waals surface area contributed by atoms with Crippen LogP contribution in [0, 0.1) is 0 Å². The van der Waals surface area contributed by atoms with E-state index in [1.165, 1.54) is 15.8 Å². The summed E-state index contributed by atoms with van der Waals surface area (Å²) >= 11 is 0. The molecule has 10 heteroatoms. The van der Waals surface area contributed by atoms with Crippen LogP contribution in [0.1, 0.15) is 24.3 Å². The first-order chi connectivity index (χ1) is 14.8. The Morgan fingerprint density at radius 3 is 2.45 bits per heavy atom. The fourth-order valence-electron chi connectivity index (χ4n) is 3.19. The zero-order chi connectivity index (χ0) is 22.5. The third-order valence-corrected chi connectivity index (χ3v) is 5.02. The Balaban J connectivity index is 1.69. The summed E-state index contributed by atoms with van der Waals surface area (Å²) in [4.78, 5) is 39.9. The van der Waals surface area contributed by atoms with Crippen LogP contribution >= 0.6 is 0 Å². The van der Waals surface area contributed by atoms with Gasteiger partial charge in [-0.1, -0.05) is 5.21 Å². The summed E-state index contributed by atoms with van der Waals surface area (Å²) in [6, 6.07) is 7.39. The number of rotatable bonds is 8. The Hall–Kier alpha value is -3.69. The molecule has 0 aliphatic heterocycles. The minimum Gasteiger partial charge on any atom is -0.347 e. The number of hydrogen-bond donors (Lipinski definition) is 1. The zero-order valence-corrected chi connectivity index (χ0v) is 18.2. The van der Waals surface area contributed by atoms with Gasteiger partial charge in [-0.3, -0.25) is 14.4 Å². The van der Waals surface area contributed by atoms with Gasteiger partial charge in [0.25, 0.3) is 5.91 Å². The van der Waals surface area contributed by atoms with Crippen molar-refractivity contribution in [1.82, 2.24) is 29.4 Å². The van der Waals surface area contributed by atoms with Gasteiger partial charge in [0.05, 0.1) is 6.20 Å². The maximum Gasteiger partial charge on any atom is 0.277 e. The molecule has 3 rings (SSSR count). The third kappa shape index (κ3) is 5.08. The van der Waals surface area contributed by atoms with Gasteiger partial charge in [-0.15, -0.1) is 5.10 Å². The SMILES string of the molecule is CCN(CC)C(=O)Cn1ccc2cc(NC(=O)c3cn(CC(=O)N(C)C)nn3)ccc21. The molecule has 0 bridgehead atoms. The number of nitrogens with one attached hydrogen (secondary N) is 1. The fraction of sp³-hybridized carbons (Fsp3) is 0.381. The van der Waals surface area contributed by atoms with E-state index in [9.17, 15) is 14.4 Å². The average molecular weight is 425 g/mol. The number of fused-ring (bicyclic) bond motifs is 1. The molecular formula is C21H27N7O3. The molecule has 0 radical (unpaired) electrons. The van der Waals surface area contributed by atoms with Gasteiger partial charge in [0, 0.05) is 50.0 Å². The van der Waals surface area contributed by atoms with E-state index in [0.29, 0.717) is 18.8 Å². The summed E-state index contributed by atoms with van der Waals surface area (Å²) < 4.78 is 3.22. The number of likely N-dealkylation sites (N-methyl/N-ethyl adjacent to an activating group) is 2. The summed E-state index contributed by atoms with van der Waals surface area (Å²) in [6.45, 7) is 5.56. The van der Waals surface area contributed by atoms with Crippen LogP contribution < -0.4 is 5.32 Å². The molecule has 0 aliphatic rings. The van der Waals surface area contributed by atoms with Crippen molar-refractivity contribution in [3.63, 3.8) is 0 Å². The third-order valence-electron chi connectivity index (χ3n) is 5.02. The minimum atomic E-state index is -0.418. The predicted molar refractivity (Wildman–Crippen MR) is 117 cm³/mol. The van der Waals surface area contributed by atoms with Crippen LogP contribution in [0.4, 0.5) is 5.69 Å². The van der Waals surface area contributed by atoms with E-state index in [1.54, 1.807) is 25.1 Å². The molecule has 0 atom stereocenters. The van der Waals surface area contributed by atoms with Gasteiger partial charge in [0.2, 0.25) is 11.8 Å². The second-order valence-corrected chi connectivity index (χ2v) is 7.33. The van der Waals surface area contributed by atoms with Crippen molar-refractivity contribution in [3.05, 3.63) is 42.4 Å². The van der Waals surface area contributed by atoms with Crippen molar-refractivity contribution < 1.29 is 14.4 Å². The lowest BCUT2D eigenvalue weighted by molar-refractivity contribution is -0.131. The van der Waals surface area contributed by atoms with Crippen LogP contribution in [-0.2, 0) is 22.7 Å². The van der Waals surface area contributed by atoms with Gasteiger partial charge in [-0.2, -0.15) is 0 Å². The average Bonchev–Trinajstić information content (AvgIpc) is 3.36. The summed E-state index contributed by atoms with van der Waals surface area (Å²) in [5.74, 6) is -0.499. The minimum absolute atomic E-state index is 0.0129. The van der Waals surface area contributed by atoms with E-state index in [1.807, 2.05) is 42.8 Å². The highest BCUT2D eigenvalue weighted by atomic mass is 16.2. The monoisotopic (exact) mass is 425 g/mol. The molecule has 2 heterocycles. The smallest absolute Gasteiger partial charge is 0.277 e. The Bertz CT molecular complexity index is 1100. The first-order valence-electron chi connectivity index (χ1n) is 10.1. The van der Waals surface area contributed by atoms with Crippen molar-refractivity contribution in [2.75, 3.05) is 32.5 Å². The van der Waals surface area contributed by atoms with Gasteiger partial charge < -0.3 is 19.7 Å². The lowest BCUT2D eigenvalue weighted by Crippen LogP contribution is -2.33. The molecule has 1 aromatic carbocycles. The lowest BCUT2D eigenvalue weighted by atomic mass is 10.2. The molecule has 0 aliphatic carbocycles. The van der Waals surface area contributed by atoms with E-state index in [0.717, 1.165) is 10.9 Å². The highest BCUT2D eigenvalue weighted by Crippen LogP contribution is 2.21. The van der Waals surface area contributed by atoms with Gasteiger partial charge in [0.15, 0.2) is 5.69 Å². The molecule has 0 spiro atoms. The Morgan fingerprint density at radius 1 is 1.03 bits per heavy atom. The molecule has 0 saturated carbocycles. The normalized spacial score (nSPS) is 10.8. The van der Waals surface area contributed by atoms with Gasteiger partial charge in [-0.25, -0.2) is 4.68 Å². The Labute approximate surface area is 180 Å². The molecule has 10 nitrogen and oxygen atoms in total. The summed E-state index contributed by atoms with van der Waals surface area (Å²) in [5.41, 5.74) is 1.63.